The highest BCUT2D eigenvalue weighted by Crippen LogP contribution is 2.13. The van der Waals surface area contributed by atoms with Crippen molar-refractivity contribution in [2.24, 2.45) is 0 Å². The van der Waals surface area contributed by atoms with Crippen LogP contribution in [0.25, 0.3) is 0 Å². The summed E-state index contributed by atoms with van der Waals surface area (Å²) in [5, 5.41) is 0. The minimum Gasteiger partial charge on any atom is -0.329 e. The highest BCUT2D eigenvalue weighted by molar-refractivity contribution is 4.77. The summed E-state index contributed by atoms with van der Waals surface area (Å²) in [6, 6.07) is 0. The second kappa shape index (κ2) is 21.5. The monoisotopic (exact) mass is 324 g/mol. The molecule has 0 radical (unpaired) electrons. The zero-order chi connectivity index (χ0) is 16.8. The summed E-state index contributed by atoms with van der Waals surface area (Å²) < 4.78 is 0. The van der Waals surface area contributed by atoms with E-state index in [-0.39, 0.29) is 0 Å². The number of hydrogen-bond acceptors (Lipinski definition) is 2. The fourth-order valence-corrected chi connectivity index (χ4v) is 2.86. The minimum absolute atomic E-state index is 1.03. The maximum Gasteiger partial charge on any atom is 0.0145 e. The van der Waals surface area contributed by atoms with Gasteiger partial charge in [-0.1, -0.05) is 103 Å². The van der Waals surface area contributed by atoms with Crippen molar-refractivity contribution in [1.82, 2.24) is 10.9 Å². The molecule has 0 fully saturated rings. The fraction of sp³-hybridized carbons (Fsp3) is 0.905. The van der Waals surface area contributed by atoms with E-state index in [9.17, 15) is 0 Å². The quantitative estimate of drug-likeness (QED) is 0.200. The van der Waals surface area contributed by atoms with Crippen molar-refractivity contribution in [3.05, 3.63) is 12.3 Å². The van der Waals surface area contributed by atoms with Crippen LogP contribution in [0.4, 0.5) is 0 Å². The molecule has 0 saturated carbocycles. The predicted octanol–water partition coefficient (Wildman–Crippen LogP) is 6.88. The van der Waals surface area contributed by atoms with Gasteiger partial charge in [0, 0.05) is 12.7 Å². The van der Waals surface area contributed by atoms with Gasteiger partial charge in [0.15, 0.2) is 0 Å². The minimum atomic E-state index is 1.03. The Labute approximate surface area is 146 Å². The number of unbranched alkanes of at least 4 members (excludes halogenated alkanes) is 14. The molecule has 2 nitrogen and oxygen atoms in total. The molecular weight excluding hydrogens is 280 g/mol. The third kappa shape index (κ3) is 21.5. The molecule has 0 aromatic heterocycles. The molecule has 138 valence electrons. The lowest BCUT2D eigenvalue weighted by Gasteiger charge is -2.03. The number of hydrogen-bond donors (Lipinski definition) is 2. The van der Waals surface area contributed by atoms with Gasteiger partial charge in [-0.2, -0.15) is 0 Å². The largest absolute Gasteiger partial charge is 0.329 e. The second-order valence-electron chi connectivity index (χ2n) is 6.86. The van der Waals surface area contributed by atoms with E-state index in [0.717, 1.165) is 6.54 Å². The number of nitrogens with one attached hydrogen (secondary N) is 2. The summed E-state index contributed by atoms with van der Waals surface area (Å²) >= 11 is 0. The summed E-state index contributed by atoms with van der Waals surface area (Å²) in [5.74, 6) is 0. The van der Waals surface area contributed by atoms with E-state index in [1.165, 1.54) is 103 Å². The Morgan fingerprint density at radius 1 is 0.565 bits per heavy atom. The standard InChI is InChI=1S/C21H44N2/c1-3-5-6-7-8-9-10-11-12-13-14-15-16-17-18-19-21-23-22-20-4-2/h19,21-23H,3-18,20H2,1-2H3. The average molecular weight is 325 g/mol. The molecule has 0 unspecified atom stereocenters. The fourth-order valence-electron chi connectivity index (χ4n) is 2.86. The van der Waals surface area contributed by atoms with E-state index in [1.807, 2.05) is 6.20 Å². The molecule has 0 saturated heterocycles. The average Bonchev–Trinajstić information content (AvgIpc) is 2.57. The third-order valence-corrected chi connectivity index (χ3v) is 4.40. The zero-order valence-corrected chi connectivity index (χ0v) is 16.2. The molecular formula is C21H44N2. The normalized spacial score (nSPS) is 11.4. The Balaban J connectivity index is 3.00. The maximum atomic E-state index is 3.15. The second-order valence-corrected chi connectivity index (χ2v) is 6.86. The van der Waals surface area contributed by atoms with Crippen LogP contribution in [0.3, 0.4) is 0 Å². The Kier molecular flexibility index (Phi) is 21.0. The van der Waals surface area contributed by atoms with Gasteiger partial charge in [-0.3, -0.25) is 0 Å². The number of hydrazine groups is 1. The van der Waals surface area contributed by atoms with Crippen molar-refractivity contribution in [2.75, 3.05) is 6.54 Å². The van der Waals surface area contributed by atoms with E-state index < -0.39 is 0 Å². The number of rotatable bonds is 19. The van der Waals surface area contributed by atoms with Crippen molar-refractivity contribution in [1.29, 1.82) is 0 Å². The molecule has 0 atom stereocenters. The van der Waals surface area contributed by atoms with Crippen LogP contribution in [0, 0.1) is 0 Å². The van der Waals surface area contributed by atoms with Crippen LogP contribution in [0.1, 0.15) is 117 Å². The summed E-state index contributed by atoms with van der Waals surface area (Å²) in [5.41, 5.74) is 6.26. The van der Waals surface area contributed by atoms with Crippen LogP contribution in [0.15, 0.2) is 12.3 Å². The van der Waals surface area contributed by atoms with Gasteiger partial charge in [0.1, 0.15) is 0 Å². The Bertz CT molecular complexity index is 226. The van der Waals surface area contributed by atoms with Crippen LogP contribution in [0.2, 0.25) is 0 Å². The van der Waals surface area contributed by atoms with Gasteiger partial charge >= 0.3 is 0 Å². The summed E-state index contributed by atoms with van der Waals surface area (Å²) in [6.07, 6.45) is 26.7. The van der Waals surface area contributed by atoms with Crippen LogP contribution in [0.5, 0.6) is 0 Å². The van der Waals surface area contributed by atoms with Gasteiger partial charge in [0.25, 0.3) is 0 Å². The Morgan fingerprint density at radius 3 is 1.52 bits per heavy atom. The first-order valence-corrected chi connectivity index (χ1v) is 10.5. The lowest BCUT2D eigenvalue weighted by molar-refractivity contribution is 0.536. The van der Waals surface area contributed by atoms with Crippen molar-refractivity contribution in [2.45, 2.75) is 117 Å². The molecule has 0 spiro atoms. The SMILES string of the molecule is CCCCCCCCCCCCCCCCC=CNNCCC. The molecule has 0 amide bonds. The number of allylic oxidation sites excluding steroid dienone is 1. The van der Waals surface area contributed by atoms with E-state index in [4.69, 9.17) is 0 Å². The lowest BCUT2D eigenvalue weighted by atomic mass is 10.0. The highest BCUT2D eigenvalue weighted by atomic mass is 15.3. The van der Waals surface area contributed by atoms with Crippen molar-refractivity contribution < 1.29 is 0 Å². The maximum absolute atomic E-state index is 3.15. The molecule has 0 rings (SSSR count). The van der Waals surface area contributed by atoms with Gasteiger partial charge in [0.05, 0.1) is 0 Å². The Morgan fingerprint density at radius 2 is 1.04 bits per heavy atom. The van der Waals surface area contributed by atoms with Gasteiger partial charge < -0.3 is 5.43 Å². The van der Waals surface area contributed by atoms with Gasteiger partial charge in [-0.25, -0.2) is 5.43 Å². The van der Waals surface area contributed by atoms with Gasteiger partial charge in [0.2, 0.25) is 0 Å². The third-order valence-electron chi connectivity index (χ3n) is 4.40. The molecule has 23 heavy (non-hydrogen) atoms. The molecule has 2 heteroatoms. The topological polar surface area (TPSA) is 24.1 Å². The van der Waals surface area contributed by atoms with E-state index in [0.29, 0.717) is 0 Å². The summed E-state index contributed by atoms with van der Waals surface area (Å²) in [7, 11) is 0. The van der Waals surface area contributed by atoms with Crippen molar-refractivity contribution in [3.63, 3.8) is 0 Å². The van der Waals surface area contributed by atoms with Crippen LogP contribution < -0.4 is 10.9 Å². The molecule has 0 aromatic rings. The van der Waals surface area contributed by atoms with E-state index in [2.05, 4.69) is 30.8 Å². The molecule has 0 aliphatic heterocycles. The molecule has 0 heterocycles. The van der Waals surface area contributed by atoms with Crippen LogP contribution in [-0.2, 0) is 0 Å². The van der Waals surface area contributed by atoms with E-state index in [1.54, 1.807) is 0 Å². The van der Waals surface area contributed by atoms with Gasteiger partial charge in [-0.05, 0) is 19.3 Å². The van der Waals surface area contributed by atoms with Gasteiger partial charge in [-0.15, -0.1) is 0 Å². The van der Waals surface area contributed by atoms with Crippen molar-refractivity contribution >= 4 is 0 Å². The zero-order valence-electron chi connectivity index (χ0n) is 16.2. The molecule has 0 aromatic carbocycles. The highest BCUT2D eigenvalue weighted by Gasteiger charge is 1.93. The van der Waals surface area contributed by atoms with Crippen molar-refractivity contribution in [3.8, 4) is 0 Å². The molecule has 0 aliphatic carbocycles. The predicted molar refractivity (Wildman–Crippen MR) is 105 cm³/mol. The first kappa shape index (κ1) is 22.5. The molecule has 0 aliphatic rings. The van der Waals surface area contributed by atoms with E-state index >= 15 is 0 Å². The van der Waals surface area contributed by atoms with Crippen LogP contribution >= 0.6 is 0 Å². The smallest absolute Gasteiger partial charge is 0.0145 e. The lowest BCUT2D eigenvalue weighted by Crippen LogP contribution is -2.26. The summed E-state index contributed by atoms with van der Waals surface area (Å²) in [4.78, 5) is 0. The van der Waals surface area contributed by atoms with Crippen LogP contribution in [-0.4, -0.2) is 6.54 Å². The first-order chi connectivity index (χ1) is 11.4. The summed E-state index contributed by atoms with van der Waals surface area (Å²) in [6.45, 7) is 5.50. The first-order valence-electron chi connectivity index (χ1n) is 10.5. The Hall–Kier alpha value is -0.500. The molecule has 2 N–H and O–H groups in total. The molecule has 0 bridgehead atoms.